The van der Waals surface area contributed by atoms with Crippen molar-refractivity contribution >= 4 is 18.2 Å². The van der Waals surface area contributed by atoms with Gasteiger partial charge in [0, 0.05) is 18.2 Å². The van der Waals surface area contributed by atoms with Crippen molar-refractivity contribution in [1.29, 1.82) is 0 Å². The van der Waals surface area contributed by atoms with Gasteiger partial charge in [0.15, 0.2) is 0 Å². The van der Waals surface area contributed by atoms with Crippen molar-refractivity contribution in [3.8, 4) is 11.1 Å². The largest absolute Gasteiger partial charge is 0.352 e. The molecule has 172 valence electrons. The lowest BCUT2D eigenvalue weighted by Crippen LogP contribution is -2.38. The van der Waals surface area contributed by atoms with Gasteiger partial charge in [0.25, 0.3) is 5.91 Å². The Balaban J connectivity index is 1.70. The zero-order valence-electron chi connectivity index (χ0n) is 19.2. The fourth-order valence-electron chi connectivity index (χ4n) is 3.47. The minimum atomic E-state index is -0.200. The summed E-state index contributed by atoms with van der Waals surface area (Å²) in [6.45, 7) is 4.71. The SMILES string of the molecule is CCCCc1ccc(-c2ccc(C(=O)NCCCCC(C)NC(=O)CNC=O)cc2)cc1. The summed E-state index contributed by atoms with van der Waals surface area (Å²) in [5.41, 5.74) is 4.26. The Kier molecular flexibility index (Phi) is 11.0. The second-order valence-electron chi connectivity index (χ2n) is 8.10. The number of nitrogens with one attached hydrogen (secondary N) is 3. The first kappa shape index (κ1) is 25.1. The first-order valence-electron chi connectivity index (χ1n) is 11.5. The highest BCUT2D eigenvalue weighted by atomic mass is 16.2. The molecule has 2 aromatic carbocycles. The molecule has 0 saturated carbocycles. The van der Waals surface area contributed by atoms with Crippen LogP contribution in [0.2, 0.25) is 0 Å². The maximum atomic E-state index is 12.4. The normalized spacial score (nSPS) is 11.4. The molecule has 0 aromatic heterocycles. The fourth-order valence-corrected chi connectivity index (χ4v) is 3.47. The summed E-state index contributed by atoms with van der Waals surface area (Å²) in [4.78, 5) is 34.1. The van der Waals surface area contributed by atoms with Crippen LogP contribution in [-0.4, -0.2) is 37.4 Å². The first-order valence-corrected chi connectivity index (χ1v) is 11.5. The quantitative estimate of drug-likeness (QED) is 0.310. The van der Waals surface area contributed by atoms with E-state index in [0.29, 0.717) is 18.5 Å². The summed E-state index contributed by atoms with van der Waals surface area (Å²) in [7, 11) is 0. The highest BCUT2D eigenvalue weighted by Gasteiger charge is 2.08. The Hall–Kier alpha value is -3.15. The van der Waals surface area contributed by atoms with Gasteiger partial charge < -0.3 is 16.0 Å². The van der Waals surface area contributed by atoms with E-state index in [9.17, 15) is 14.4 Å². The summed E-state index contributed by atoms with van der Waals surface area (Å²) < 4.78 is 0. The van der Waals surface area contributed by atoms with Gasteiger partial charge in [-0.1, -0.05) is 49.7 Å². The Labute approximate surface area is 191 Å². The maximum Gasteiger partial charge on any atom is 0.251 e. The molecule has 1 unspecified atom stereocenters. The summed E-state index contributed by atoms with van der Waals surface area (Å²) in [5.74, 6) is -0.276. The molecule has 0 spiro atoms. The Morgan fingerprint density at radius 1 is 0.938 bits per heavy atom. The Morgan fingerprint density at radius 2 is 1.59 bits per heavy atom. The van der Waals surface area contributed by atoms with Crippen LogP contribution in [0.15, 0.2) is 48.5 Å². The Morgan fingerprint density at radius 3 is 2.22 bits per heavy atom. The number of rotatable bonds is 14. The molecule has 0 bridgehead atoms. The topological polar surface area (TPSA) is 87.3 Å². The third-order valence-electron chi connectivity index (χ3n) is 5.36. The number of carbonyl (C=O) groups excluding carboxylic acids is 3. The van der Waals surface area contributed by atoms with E-state index in [1.807, 2.05) is 31.2 Å². The number of hydrogen-bond acceptors (Lipinski definition) is 3. The molecule has 2 rings (SSSR count). The standard InChI is InChI=1S/C26H35N3O3/c1-3-4-8-21-9-11-22(12-10-21)23-13-15-24(16-14-23)26(32)28-17-6-5-7-20(2)29-25(31)18-27-19-30/h9-16,19-20H,3-8,17-18H2,1-2H3,(H,27,30)(H,28,32)(H,29,31). The first-order chi connectivity index (χ1) is 15.5. The van der Waals surface area contributed by atoms with Crippen LogP contribution >= 0.6 is 0 Å². The summed E-state index contributed by atoms with van der Waals surface area (Å²) >= 11 is 0. The molecule has 32 heavy (non-hydrogen) atoms. The number of carbonyl (C=O) groups is 3. The van der Waals surface area contributed by atoms with Gasteiger partial charge in [0.2, 0.25) is 12.3 Å². The second-order valence-corrected chi connectivity index (χ2v) is 8.10. The molecule has 0 radical (unpaired) electrons. The minimum absolute atomic E-state index is 0.00699. The minimum Gasteiger partial charge on any atom is -0.352 e. The van der Waals surface area contributed by atoms with Crippen LogP contribution in [0.3, 0.4) is 0 Å². The molecule has 0 aliphatic rings. The third kappa shape index (κ3) is 8.92. The van der Waals surface area contributed by atoms with Crippen molar-refractivity contribution in [2.24, 2.45) is 0 Å². The number of hydrogen-bond donors (Lipinski definition) is 3. The van der Waals surface area contributed by atoms with E-state index in [4.69, 9.17) is 0 Å². The van der Waals surface area contributed by atoms with Gasteiger partial charge >= 0.3 is 0 Å². The van der Waals surface area contributed by atoms with Crippen molar-refractivity contribution in [3.63, 3.8) is 0 Å². The van der Waals surface area contributed by atoms with Gasteiger partial charge in [0.05, 0.1) is 6.54 Å². The van der Waals surface area contributed by atoms with Crippen molar-refractivity contribution < 1.29 is 14.4 Å². The molecule has 2 aromatic rings. The van der Waals surface area contributed by atoms with Crippen LogP contribution in [0.25, 0.3) is 11.1 Å². The van der Waals surface area contributed by atoms with Crippen molar-refractivity contribution in [2.75, 3.05) is 13.1 Å². The van der Waals surface area contributed by atoms with E-state index in [1.54, 1.807) is 0 Å². The smallest absolute Gasteiger partial charge is 0.251 e. The monoisotopic (exact) mass is 437 g/mol. The maximum absolute atomic E-state index is 12.4. The molecule has 6 heteroatoms. The van der Waals surface area contributed by atoms with Gasteiger partial charge in [-0.3, -0.25) is 14.4 Å². The predicted octanol–water partition coefficient (Wildman–Crippen LogP) is 3.85. The highest BCUT2D eigenvalue weighted by molar-refractivity contribution is 5.94. The number of amides is 3. The van der Waals surface area contributed by atoms with Gasteiger partial charge in [-0.2, -0.15) is 0 Å². The number of unbranched alkanes of at least 4 members (excludes halogenated alkanes) is 2. The molecule has 3 N–H and O–H groups in total. The van der Waals surface area contributed by atoms with Crippen molar-refractivity contribution in [2.45, 2.75) is 58.4 Å². The lowest BCUT2D eigenvalue weighted by molar-refractivity contribution is -0.122. The second kappa shape index (κ2) is 14.0. The van der Waals surface area contributed by atoms with E-state index >= 15 is 0 Å². The molecular weight excluding hydrogens is 402 g/mol. The van der Waals surface area contributed by atoms with Crippen LogP contribution < -0.4 is 16.0 Å². The lowest BCUT2D eigenvalue weighted by Gasteiger charge is -2.13. The van der Waals surface area contributed by atoms with E-state index in [-0.39, 0.29) is 24.4 Å². The molecule has 1 atom stereocenters. The van der Waals surface area contributed by atoms with E-state index < -0.39 is 0 Å². The van der Waals surface area contributed by atoms with Crippen LogP contribution in [0.5, 0.6) is 0 Å². The zero-order chi connectivity index (χ0) is 23.2. The zero-order valence-corrected chi connectivity index (χ0v) is 19.2. The molecule has 6 nitrogen and oxygen atoms in total. The van der Waals surface area contributed by atoms with Gasteiger partial charge in [-0.25, -0.2) is 0 Å². The van der Waals surface area contributed by atoms with Gasteiger partial charge in [-0.05, 0) is 67.9 Å². The average molecular weight is 438 g/mol. The summed E-state index contributed by atoms with van der Waals surface area (Å²) in [6, 6.07) is 16.4. The van der Waals surface area contributed by atoms with E-state index in [2.05, 4.69) is 47.1 Å². The van der Waals surface area contributed by atoms with Crippen LogP contribution in [0, 0.1) is 0 Å². The molecule has 0 saturated heterocycles. The molecular formula is C26H35N3O3. The average Bonchev–Trinajstić information content (AvgIpc) is 2.81. The van der Waals surface area contributed by atoms with Gasteiger partial charge in [-0.15, -0.1) is 0 Å². The summed E-state index contributed by atoms with van der Waals surface area (Å²) in [5, 5.41) is 8.11. The van der Waals surface area contributed by atoms with E-state index in [0.717, 1.165) is 36.8 Å². The third-order valence-corrected chi connectivity index (χ3v) is 5.36. The molecule has 3 amide bonds. The van der Waals surface area contributed by atoms with Crippen molar-refractivity contribution in [1.82, 2.24) is 16.0 Å². The molecule has 0 aliphatic heterocycles. The van der Waals surface area contributed by atoms with Crippen LogP contribution in [0.4, 0.5) is 0 Å². The molecule has 0 heterocycles. The van der Waals surface area contributed by atoms with Crippen molar-refractivity contribution in [3.05, 3.63) is 59.7 Å². The van der Waals surface area contributed by atoms with Gasteiger partial charge in [0.1, 0.15) is 0 Å². The van der Waals surface area contributed by atoms with Crippen LogP contribution in [0.1, 0.15) is 61.9 Å². The number of aryl methyl sites for hydroxylation is 1. The molecule has 0 fully saturated rings. The lowest BCUT2D eigenvalue weighted by atomic mass is 10.0. The molecule has 0 aliphatic carbocycles. The fraction of sp³-hybridized carbons (Fsp3) is 0.423. The Bertz CT molecular complexity index is 848. The van der Waals surface area contributed by atoms with E-state index in [1.165, 1.54) is 18.4 Å². The van der Waals surface area contributed by atoms with Crippen LogP contribution in [-0.2, 0) is 16.0 Å². The summed E-state index contributed by atoms with van der Waals surface area (Å²) in [6.07, 6.45) is 6.56. The number of benzene rings is 2. The predicted molar refractivity (Wildman–Crippen MR) is 128 cm³/mol. The highest BCUT2D eigenvalue weighted by Crippen LogP contribution is 2.21.